The van der Waals surface area contributed by atoms with E-state index in [4.69, 9.17) is 14.7 Å². The van der Waals surface area contributed by atoms with Gasteiger partial charge in [-0.1, -0.05) is 67.1 Å². The smallest absolute Gasteiger partial charge is 0.228 e. The molecular formula is C29H34N4O2. The highest BCUT2D eigenvalue weighted by Gasteiger charge is 2.31. The van der Waals surface area contributed by atoms with Crippen molar-refractivity contribution in [1.29, 1.82) is 0 Å². The van der Waals surface area contributed by atoms with Crippen LogP contribution in [0.3, 0.4) is 0 Å². The first-order chi connectivity index (χ1) is 17.1. The van der Waals surface area contributed by atoms with Crippen molar-refractivity contribution in [3.8, 4) is 11.4 Å². The fourth-order valence-electron chi connectivity index (χ4n) is 5.00. The van der Waals surface area contributed by atoms with E-state index in [0.29, 0.717) is 26.3 Å². The molecule has 3 aromatic rings. The third kappa shape index (κ3) is 5.22. The van der Waals surface area contributed by atoms with Crippen LogP contribution in [0.15, 0.2) is 54.6 Å². The molecule has 2 aliphatic rings. The minimum Gasteiger partial charge on any atom is -0.381 e. The summed E-state index contributed by atoms with van der Waals surface area (Å²) in [5.41, 5.74) is 5.84. The summed E-state index contributed by atoms with van der Waals surface area (Å²) in [5.74, 6) is 2.04. The molecule has 2 aromatic carbocycles. The molecular weight excluding hydrogens is 436 g/mol. The molecule has 0 saturated carbocycles. The van der Waals surface area contributed by atoms with Gasteiger partial charge in [-0.3, -0.25) is 4.79 Å². The average molecular weight is 471 g/mol. The Labute approximate surface area is 208 Å². The summed E-state index contributed by atoms with van der Waals surface area (Å²) in [6.07, 6.45) is 2.48. The fourth-order valence-corrected chi connectivity index (χ4v) is 5.00. The molecule has 2 fully saturated rings. The van der Waals surface area contributed by atoms with Gasteiger partial charge >= 0.3 is 0 Å². The molecule has 0 spiro atoms. The van der Waals surface area contributed by atoms with Gasteiger partial charge in [0.1, 0.15) is 5.82 Å². The Bertz CT molecular complexity index is 1150. The Hall–Kier alpha value is -3.25. The third-order valence-corrected chi connectivity index (χ3v) is 7.11. The maximum absolute atomic E-state index is 12.9. The van der Waals surface area contributed by atoms with Crippen molar-refractivity contribution in [2.75, 3.05) is 44.3 Å². The zero-order valence-electron chi connectivity index (χ0n) is 20.7. The zero-order valence-corrected chi connectivity index (χ0v) is 20.7. The average Bonchev–Trinajstić information content (AvgIpc) is 3.45. The first-order valence-electron chi connectivity index (χ1n) is 12.7. The zero-order chi connectivity index (χ0) is 24.2. The highest BCUT2D eigenvalue weighted by molar-refractivity contribution is 5.79. The van der Waals surface area contributed by atoms with Crippen LogP contribution in [0.5, 0.6) is 0 Å². The van der Waals surface area contributed by atoms with Crippen LogP contribution in [0.2, 0.25) is 0 Å². The van der Waals surface area contributed by atoms with Gasteiger partial charge in [0.2, 0.25) is 5.91 Å². The highest BCUT2D eigenvalue weighted by Crippen LogP contribution is 2.29. The molecule has 35 heavy (non-hydrogen) atoms. The number of hydrogen-bond acceptors (Lipinski definition) is 5. The lowest BCUT2D eigenvalue weighted by Gasteiger charge is -2.37. The first-order valence-corrected chi connectivity index (χ1v) is 12.7. The van der Waals surface area contributed by atoms with Gasteiger partial charge in [-0.2, -0.15) is 0 Å². The van der Waals surface area contributed by atoms with Gasteiger partial charge < -0.3 is 14.5 Å². The van der Waals surface area contributed by atoms with E-state index in [2.05, 4.69) is 55.1 Å². The lowest BCUT2D eigenvalue weighted by molar-refractivity contribution is -0.135. The maximum atomic E-state index is 12.9. The molecule has 3 heterocycles. The van der Waals surface area contributed by atoms with Crippen LogP contribution in [0.25, 0.3) is 11.4 Å². The van der Waals surface area contributed by atoms with Crippen LogP contribution in [0.1, 0.15) is 35.7 Å². The Morgan fingerprint density at radius 2 is 1.74 bits per heavy atom. The summed E-state index contributed by atoms with van der Waals surface area (Å²) >= 11 is 0. The van der Waals surface area contributed by atoms with Crippen molar-refractivity contribution in [3.05, 3.63) is 77.0 Å². The van der Waals surface area contributed by atoms with E-state index in [1.807, 2.05) is 23.1 Å². The predicted molar refractivity (Wildman–Crippen MR) is 139 cm³/mol. The van der Waals surface area contributed by atoms with E-state index in [9.17, 15) is 4.79 Å². The second-order valence-corrected chi connectivity index (χ2v) is 9.55. The monoisotopic (exact) mass is 470 g/mol. The van der Waals surface area contributed by atoms with Crippen LogP contribution in [0.4, 0.5) is 5.82 Å². The Kier molecular flexibility index (Phi) is 7.09. The number of hydrogen-bond donors (Lipinski definition) is 0. The molecule has 1 amide bonds. The van der Waals surface area contributed by atoms with Crippen LogP contribution in [-0.2, 0) is 22.4 Å². The van der Waals surface area contributed by atoms with Crippen molar-refractivity contribution >= 4 is 11.7 Å². The van der Waals surface area contributed by atoms with Crippen LogP contribution < -0.4 is 4.90 Å². The number of piperazine rings is 1. The van der Waals surface area contributed by atoms with Gasteiger partial charge in [-0.25, -0.2) is 9.97 Å². The van der Waals surface area contributed by atoms with Crippen molar-refractivity contribution in [3.63, 3.8) is 0 Å². The van der Waals surface area contributed by atoms with E-state index < -0.39 is 0 Å². The number of aromatic nitrogens is 2. The summed E-state index contributed by atoms with van der Waals surface area (Å²) in [5, 5.41) is 0. The van der Waals surface area contributed by atoms with E-state index in [1.54, 1.807) is 0 Å². The molecule has 1 atom stereocenters. The van der Waals surface area contributed by atoms with Crippen molar-refractivity contribution in [2.24, 2.45) is 5.92 Å². The third-order valence-electron chi connectivity index (χ3n) is 7.11. The lowest BCUT2D eigenvalue weighted by Crippen LogP contribution is -2.51. The number of carbonyl (C=O) groups excluding carboxylic acids is 1. The van der Waals surface area contributed by atoms with Gasteiger partial charge in [-0.15, -0.1) is 0 Å². The molecule has 0 aliphatic carbocycles. The van der Waals surface area contributed by atoms with Crippen LogP contribution in [-0.4, -0.2) is 60.2 Å². The number of anilines is 1. The lowest BCUT2D eigenvalue weighted by atomic mass is 10.0. The number of amides is 1. The van der Waals surface area contributed by atoms with Crippen molar-refractivity contribution in [1.82, 2.24) is 14.9 Å². The molecule has 0 N–H and O–H groups in total. The van der Waals surface area contributed by atoms with E-state index in [1.165, 1.54) is 16.7 Å². The molecule has 5 rings (SSSR count). The molecule has 6 heteroatoms. The molecule has 0 radical (unpaired) electrons. The second-order valence-electron chi connectivity index (χ2n) is 9.55. The van der Waals surface area contributed by atoms with Crippen molar-refractivity contribution < 1.29 is 9.53 Å². The Morgan fingerprint density at radius 1 is 1.00 bits per heavy atom. The number of ether oxygens (including phenoxy) is 1. The summed E-state index contributed by atoms with van der Waals surface area (Å²) < 4.78 is 5.45. The van der Waals surface area contributed by atoms with Gasteiger partial charge in [0.15, 0.2) is 5.82 Å². The van der Waals surface area contributed by atoms with E-state index in [0.717, 1.165) is 55.3 Å². The molecule has 0 unspecified atom stereocenters. The quantitative estimate of drug-likeness (QED) is 0.538. The topological polar surface area (TPSA) is 58.6 Å². The molecule has 182 valence electrons. The highest BCUT2D eigenvalue weighted by atomic mass is 16.5. The summed E-state index contributed by atoms with van der Waals surface area (Å²) in [4.78, 5) is 27.4. The van der Waals surface area contributed by atoms with E-state index >= 15 is 0 Å². The molecule has 2 aliphatic heterocycles. The largest absolute Gasteiger partial charge is 0.381 e. The SMILES string of the molecule is CCc1nc(-c2ccccc2)nc(N2CCN(C(=O)[C@H]3CCOC3)CC2)c1Cc1ccc(C)cc1. The number of carbonyl (C=O) groups is 1. The molecule has 0 bridgehead atoms. The summed E-state index contributed by atoms with van der Waals surface area (Å²) in [6, 6.07) is 18.9. The molecule has 1 aromatic heterocycles. The first kappa shape index (κ1) is 23.5. The molecule has 6 nitrogen and oxygen atoms in total. The normalized spacial score (nSPS) is 18.2. The predicted octanol–water partition coefficient (Wildman–Crippen LogP) is 4.29. The summed E-state index contributed by atoms with van der Waals surface area (Å²) in [7, 11) is 0. The Morgan fingerprint density at radius 3 is 2.40 bits per heavy atom. The maximum Gasteiger partial charge on any atom is 0.228 e. The fraction of sp³-hybridized carbons (Fsp3) is 0.414. The number of rotatable bonds is 6. The van der Waals surface area contributed by atoms with Gasteiger partial charge in [0.25, 0.3) is 0 Å². The Balaban J connectivity index is 1.46. The van der Waals surface area contributed by atoms with Gasteiger partial charge in [0, 0.05) is 56.0 Å². The minimum atomic E-state index is 0.0223. The second kappa shape index (κ2) is 10.6. The standard InChI is InChI=1S/C29H34N4O2/c1-3-26-25(19-22-11-9-21(2)10-12-22)28(31-27(30-26)23-7-5-4-6-8-23)32-14-16-33(17-15-32)29(34)24-13-18-35-20-24/h4-12,24H,3,13-20H2,1-2H3/t24-/m0/s1. The van der Waals surface area contributed by atoms with E-state index in [-0.39, 0.29) is 11.8 Å². The van der Waals surface area contributed by atoms with Crippen molar-refractivity contribution in [2.45, 2.75) is 33.1 Å². The molecule has 2 saturated heterocycles. The summed E-state index contributed by atoms with van der Waals surface area (Å²) in [6.45, 7) is 8.51. The minimum absolute atomic E-state index is 0.0223. The number of nitrogens with zero attached hydrogens (tertiary/aromatic N) is 4. The number of benzene rings is 2. The van der Waals surface area contributed by atoms with Gasteiger partial charge in [-0.05, 0) is 25.3 Å². The van der Waals surface area contributed by atoms with Crippen LogP contribution in [0, 0.1) is 12.8 Å². The number of aryl methyl sites for hydroxylation is 2. The van der Waals surface area contributed by atoms with Crippen LogP contribution >= 0.6 is 0 Å². The van der Waals surface area contributed by atoms with Gasteiger partial charge in [0.05, 0.1) is 12.5 Å².